The van der Waals surface area contributed by atoms with Crippen LogP contribution in [0.4, 0.5) is 0 Å². The van der Waals surface area contributed by atoms with Crippen LogP contribution in [0.2, 0.25) is 0 Å². The fourth-order valence-corrected chi connectivity index (χ4v) is 1.74. The Hall–Kier alpha value is -1.52. The zero-order chi connectivity index (χ0) is 14.2. The van der Waals surface area contributed by atoms with Crippen LogP contribution in [0.3, 0.4) is 0 Å². The SMILES string of the molecule is CN(C)C/C=C/CNCc1cc(C=NC2CC2)ccn1. The summed E-state index contributed by atoms with van der Waals surface area (Å²) in [6.07, 6.45) is 10.6. The van der Waals surface area contributed by atoms with Crippen LogP contribution in [0.25, 0.3) is 0 Å². The fraction of sp³-hybridized carbons (Fsp3) is 0.500. The third kappa shape index (κ3) is 6.08. The Morgan fingerprint density at radius 1 is 1.40 bits per heavy atom. The lowest BCUT2D eigenvalue weighted by atomic mass is 10.2. The smallest absolute Gasteiger partial charge is 0.0548 e. The lowest BCUT2D eigenvalue weighted by molar-refractivity contribution is 0.456. The van der Waals surface area contributed by atoms with Gasteiger partial charge in [-0.3, -0.25) is 9.98 Å². The minimum atomic E-state index is 0.576. The average Bonchev–Trinajstić information content (AvgIpc) is 3.25. The van der Waals surface area contributed by atoms with Crippen molar-refractivity contribution in [3.05, 3.63) is 41.7 Å². The monoisotopic (exact) mass is 272 g/mol. The van der Waals surface area contributed by atoms with Gasteiger partial charge in [0.15, 0.2) is 0 Å². The van der Waals surface area contributed by atoms with E-state index in [1.54, 1.807) is 0 Å². The molecule has 0 radical (unpaired) electrons. The molecule has 108 valence electrons. The van der Waals surface area contributed by atoms with E-state index in [-0.39, 0.29) is 0 Å². The molecule has 1 fully saturated rings. The highest BCUT2D eigenvalue weighted by molar-refractivity contribution is 5.79. The summed E-state index contributed by atoms with van der Waals surface area (Å²) in [5.74, 6) is 0. The van der Waals surface area contributed by atoms with E-state index in [4.69, 9.17) is 0 Å². The maximum absolute atomic E-state index is 4.50. The summed E-state index contributed by atoms with van der Waals surface area (Å²) in [6, 6.07) is 4.68. The Bertz CT molecular complexity index is 461. The van der Waals surface area contributed by atoms with Crippen LogP contribution in [-0.2, 0) is 6.54 Å². The number of rotatable bonds is 8. The first-order chi connectivity index (χ1) is 9.74. The Morgan fingerprint density at radius 3 is 3.00 bits per heavy atom. The number of aliphatic imine (C=N–C) groups is 1. The van der Waals surface area contributed by atoms with Crippen molar-refractivity contribution in [2.24, 2.45) is 4.99 Å². The Labute approximate surface area is 121 Å². The van der Waals surface area contributed by atoms with Gasteiger partial charge in [-0.1, -0.05) is 12.2 Å². The van der Waals surface area contributed by atoms with Gasteiger partial charge in [0.05, 0.1) is 11.7 Å². The predicted molar refractivity (Wildman–Crippen MR) is 84.3 cm³/mol. The minimum Gasteiger partial charge on any atom is -0.308 e. The Kier molecular flexibility index (Phi) is 5.89. The molecular weight excluding hydrogens is 248 g/mol. The molecule has 0 spiro atoms. The minimum absolute atomic E-state index is 0.576. The maximum atomic E-state index is 4.50. The van der Waals surface area contributed by atoms with Crippen molar-refractivity contribution < 1.29 is 0 Å². The molecule has 1 N–H and O–H groups in total. The van der Waals surface area contributed by atoms with Crippen LogP contribution in [0.5, 0.6) is 0 Å². The summed E-state index contributed by atoms with van der Waals surface area (Å²) >= 11 is 0. The zero-order valence-corrected chi connectivity index (χ0v) is 12.4. The van der Waals surface area contributed by atoms with E-state index < -0.39 is 0 Å². The molecule has 1 aliphatic rings. The van der Waals surface area contributed by atoms with Crippen LogP contribution in [0, 0.1) is 0 Å². The molecule has 4 heteroatoms. The van der Waals surface area contributed by atoms with Gasteiger partial charge in [0, 0.05) is 32.0 Å². The number of nitrogens with zero attached hydrogens (tertiary/aromatic N) is 3. The van der Waals surface area contributed by atoms with Crippen molar-refractivity contribution in [3.63, 3.8) is 0 Å². The topological polar surface area (TPSA) is 40.5 Å². The number of hydrogen-bond donors (Lipinski definition) is 1. The third-order valence-corrected chi connectivity index (χ3v) is 3.03. The van der Waals surface area contributed by atoms with Gasteiger partial charge in [0.25, 0.3) is 0 Å². The number of hydrogen-bond acceptors (Lipinski definition) is 4. The molecule has 0 atom stereocenters. The molecule has 1 aromatic rings. The molecule has 2 rings (SSSR count). The third-order valence-electron chi connectivity index (χ3n) is 3.03. The normalized spacial score (nSPS) is 15.8. The highest BCUT2D eigenvalue weighted by Gasteiger charge is 2.18. The first-order valence-electron chi connectivity index (χ1n) is 7.22. The summed E-state index contributed by atoms with van der Waals surface area (Å²) < 4.78 is 0. The molecule has 0 bridgehead atoms. The van der Waals surface area contributed by atoms with E-state index in [1.165, 1.54) is 12.8 Å². The Balaban J connectivity index is 1.72. The predicted octanol–water partition coefficient (Wildman–Crippen LogP) is 1.87. The van der Waals surface area contributed by atoms with Crippen molar-refractivity contribution in [2.75, 3.05) is 27.2 Å². The van der Waals surface area contributed by atoms with Crippen molar-refractivity contribution >= 4 is 6.21 Å². The molecule has 1 saturated carbocycles. The van der Waals surface area contributed by atoms with Gasteiger partial charge in [-0.15, -0.1) is 0 Å². The lowest BCUT2D eigenvalue weighted by Gasteiger charge is -2.04. The second-order valence-corrected chi connectivity index (χ2v) is 5.45. The molecule has 4 nitrogen and oxygen atoms in total. The molecule has 0 aromatic carbocycles. The summed E-state index contributed by atoms with van der Waals surface area (Å²) in [5, 5.41) is 3.37. The first-order valence-corrected chi connectivity index (χ1v) is 7.22. The quantitative estimate of drug-likeness (QED) is 0.446. The van der Waals surface area contributed by atoms with Crippen molar-refractivity contribution in [3.8, 4) is 0 Å². The lowest BCUT2D eigenvalue weighted by Crippen LogP contribution is -2.15. The molecular formula is C16H24N4. The number of nitrogens with one attached hydrogen (secondary N) is 1. The highest BCUT2D eigenvalue weighted by atomic mass is 15.0. The molecule has 20 heavy (non-hydrogen) atoms. The van der Waals surface area contributed by atoms with Crippen LogP contribution in [-0.4, -0.2) is 49.3 Å². The van der Waals surface area contributed by atoms with Gasteiger partial charge in [0.1, 0.15) is 0 Å². The van der Waals surface area contributed by atoms with Gasteiger partial charge in [0.2, 0.25) is 0 Å². The molecule has 0 aliphatic heterocycles. The standard InChI is InChI=1S/C16H24N4/c1-20(2)10-4-3-8-17-13-16-11-14(7-9-18-16)12-19-15-5-6-15/h3-4,7,9,11-12,15,17H,5-6,8,10,13H2,1-2H3/b4-3+,19-12?. The van der Waals surface area contributed by atoms with Crippen molar-refractivity contribution in [2.45, 2.75) is 25.4 Å². The largest absolute Gasteiger partial charge is 0.308 e. The number of likely N-dealkylation sites (N-methyl/N-ethyl adjacent to an activating group) is 1. The highest BCUT2D eigenvalue weighted by Crippen LogP contribution is 2.23. The van der Waals surface area contributed by atoms with Crippen LogP contribution < -0.4 is 5.32 Å². The van der Waals surface area contributed by atoms with Crippen molar-refractivity contribution in [1.29, 1.82) is 0 Å². The first kappa shape index (κ1) is 14.9. The number of pyridine rings is 1. The van der Waals surface area contributed by atoms with E-state index >= 15 is 0 Å². The summed E-state index contributed by atoms with van der Waals surface area (Å²) in [5.41, 5.74) is 2.21. The average molecular weight is 272 g/mol. The van der Waals surface area contributed by atoms with Gasteiger partial charge in [-0.05, 0) is 44.6 Å². The van der Waals surface area contributed by atoms with E-state index in [0.29, 0.717) is 6.04 Å². The van der Waals surface area contributed by atoms with Crippen molar-refractivity contribution in [1.82, 2.24) is 15.2 Å². The second kappa shape index (κ2) is 7.92. The zero-order valence-electron chi connectivity index (χ0n) is 12.4. The molecule has 0 amide bonds. The molecule has 0 saturated heterocycles. The summed E-state index contributed by atoms with van der Waals surface area (Å²) in [7, 11) is 4.13. The maximum Gasteiger partial charge on any atom is 0.0548 e. The second-order valence-electron chi connectivity index (χ2n) is 5.45. The summed E-state index contributed by atoms with van der Waals surface area (Å²) in [6.45, 7) is 2.64. The van der Waals surface area contributed by atoms with E-state index in [9.17, 15) is 0 Å². The van der Waals surface area contributed by atoms with Crippen LogP contribution in [0.15, 0.2) is 35.5 Å². The Morgan fingerprint density at radius 2 is 2.25 bits per heavy atom. The molecule has 1 heterocycles. The molecule has 1 aliphatic carbocycles. The van der Waals surface area contributed by atoms with E-state index in [2.05, 4.69) is 52.5 Å². The van der Waals surface area contributed by atoms with E-state index in [1.807, 2.05) is 18.5 Å². The van der Waals surface area contributed by atoms with Gasteiger partial charge in [-0.2, -0.15) is 0 Å². The van der Waals surface area contributed by atoms with Gasteiger partial charge in [-0.25, -0.2) is 0 Å². The molecule has 1 aromatic heterocycles. The number of aromatic nitrogens is 1. The van der Waals surface area contributed by atoms with Gasteiger partial charge < -0.3 is 10.2 Å². The van der Waals surface area contributed by atoms with Crippen LogP contribution >= 0.6 is 0 Å². The van der Waals surface area contributed by atoms with Gasteiger partial charge >= 0.3 is 0 Å². The van der Waals surface area contributed by atoms with Crippen LogP contribution in [0.1, 0.15) is 24.1 Å². The van der Waals surface area contributed by atoms with E-state index in [0.717, 1.165) is 30.9 Å². The summed E-state index contributed by atoms with van der Waals surface area (Å²) in [4.78, 5) is 11.0. The molecule has 0 unspecified atom stereocenters. The fourth-order valence-electron chi connectivity index (χ4n) is 1.74.